The summed E-state index contributed by atoms with van der Waals surface area (Å²) in [5.74, 6) is 0.988. The molecule has 2 aromatic carbocycles. The number of hydrogen-bond donors (Lipinski definition) is 0. The first-order valence-electron chi connectivity index (χ1n) is 10.5. The molecule has 8 heteroatoms. The second-order valence-electron chi connectivity index (χ2n) is 7.95. The zero-order valence-electron chi connectivity index (χ0n) is 17.4. The average Bonchev–Trinajstić information content (AvgIpc) is 3.35. The highest BCUT2D eigenvalue weighted by molar-refractivity contribution is 5.80. The fraction of sp³-hybridized carbons (Fsp3) is 0.304. The minimum Gasteiger partial charge on any atom is -0.341 e. The van der Waals surface area contributed by atoms with Gasteiger partial charge in [-0.1, -0.05) is 30.3 Å². The molecule has 158 valence electrons. The number of rotatable bonds is 4. The number of aromatic nitrogens is 5. The van der Waals surface area contributed by atoms with E-state index in [1.54, 1.807) is 17.9 Å². The largest absolute Gasteiger partial charge is 0.350 e. The standard InChI is InChI=1S/C23H24N6O2/c1-26-23(31)29(18-7-3-2-4-8-18)22(25-26)17-11-13-27(14-12-17)21(30)15-28-16-24-19-9-5-6-10-20(19)28/h2-10,16-17H,11-15H2,1H3. The van der Waals surface area contributed by atoms with Crippen molar-refractivity contribution in [1.82, 2.24) is 28.8 Å². The SMILES string of the molecule is Cn1nc(C2CCN(C(=O)Cn3cnc4ccccc43)CC2)n(-c2ccccc2)c1=O. The lowest BCUT2D eigenvalue weighted by Gasteiger charge is -2.31. The second-order valence-corrected chi connectivity index (χ2v) is 7.95. The lowest BCUT2D eigenvalue weighted by molar-refractivity contribution is -0.132. The molecular weight excluding hydrogens is 392 g/mol. The number of carbonyl (C=O) groups is 1. The number of piperidine rings is 1. The summed E-state index contributed by atoms with van der Waals surface area (Å²) in [5, 5.41) is 4.53. The summed E-state index contributed by atoms with van der Waals surface area (Å²) in [6.07, 6.45) is 3.28. The highest BCUT2D eigenvalue weighted by Crippen LogP contribution is 2.28. The molecule has 0 N–H and O–H groups in total. The van der Waals surface area contributed by atoms with Gasteiger partial charge < -0.3 is 9.47 Å². The Morgan fingerprint density at radius 1 is 1.03 bits per heavy atom. The normalized spacial score (nSPS) is 14.9. The Balaban J connectivity index is 1.30. The van der Waals surface area contributed by atoms with E-state index in [4.69, 9.17) is 0 Å². The monoisotopic (exact) mass is 416 g/mol. The van der Waals surface area contributed by atoms with Crippen LogP contribution in [0.15, 0.2) is 65.7 Å². The molecule has 1 amide bonds. The molecule has 2 aromatic heterocycles. The zero-order chi connectivity index (χ0) is 21.4. The van der Waals surface area contributed by atoms with Crippen molar-refractivity contribution in [3.05, 3.63) is 77.2 Å². The number of likely N-dealkylation sites (tertiary alicyclic amines) is 1. The van der Waals surface area contributed by atoms with E-state index in [-0.39, 0.29) is 24.1 Å². The maximum Gasteiger partial charge on any atom is 0.350 e. The lowest BCUT2D eigenvalue weighted by Crippen LogP contribution is -2.40. The molecule has 0 atom stereocenters. The lowest BCUT2D eigenvalue weighted by atomic mass is 9.95. The van der Waals surface area contributed by atoms with Gasteiger partial charge in [0, 0.05) is 26.1 Å². The van der Waals surface area contributed by atoms with E-state index in [2.05, 4.69) is 10.1 Å². The van der Waals surface area contributed by atoms with Gasteiger partial charge in [-0.05, 0) is 37.1 Å². The number of para-hydroxylation sites is 3. The van der Waals surface area contributed by atoms with Crippen molar-refractivity contribution in [3.63, 3.8) is 0 Å². The Morgan fingerprint density at radius 3 is 2.52 bits per heavy atom. The molecule has 0 saturated carbocycles. The fourth-order valence-electron chi connectivity index (χ4n) is 4.34. The summed E-state index contributed by atoms with van der Waals surface area (Å²) in [6.45, 7) is 1.58. The molecule has 1 aliphatic rings. The van der Waals surface area contributed by atoms with Crippen LogP contribution in [0.4, 0.5) is 0 Å². The van der Waals surface area contributed by atoms with E-state index in [0.29, 0.717) is 13.1 Å². The first-order valence-corrected chi connectivity index (χ1v) is 10.5. The highest BCUT2D eigenvalue weighted by atomic mass is 16.2. The van der Waals surface area contributed by atoms with Crippen LogP contribution in [-0.4, -0.2) is 47.8 Å². The molecule has 31 heavy (non-hydrogen) atoms. The van der Waals surface area contributed by atoms with Gasteiger partial charge in [0.05, 0.1) is 23.0 Å². The van der Waals surface area contributed by atoms with E-state index < -0.39 is 0 Å². The van der Waals surface area contributed by atoms with Crippen molar-refractivity contribution >= 4 is 16.9 Å². The van der Waals surface area contributed by atoms with Gasteiger partial charge >= 0.3 is 5.69 Å². The van der Waals surface area contributed by atoms with Crippen molar-refractivity contribution in [3.8, 4) is 5.69 Å². The molecule has 0 spiro atoms. The van der Waals surface area contributed by atoms with E-state index in [1.807, 2.05) is 64.1 Å². The van der Waals surface area contributed by atoms with Gasteiger partial charge in [0.2, 0.25) is 5.91 Å². The molecule has 0 bridgehead atoms. The summed E-state index contributed by atoms with van der Waals surface area (Å²) < 4.78 is 4.99. The van der Waals surface area contributed by atoms with Crippen LogP contribution in [0.25, 0.3) is 16.7 Å². The van der Waals surface area contributed by atoms with Crippen LogP contribution >= 0.6 is 0 Å². The third kappa shape index (κ3) is 3.54. The molecule has 1 fully saturated rings. The minimum absolute atomic E-state index is 0.0862. The summed E-state index contributed by atoms with van der Waals surface area (Å²) >= 11 is 0. The first-order chi connectivity index (χ1) is 15.1. The maximum atomic E-state index is 12.9. The van der Waals surface area contributed by atoms with Gasteiger partial charge in [-0.3, -0.25) is 4.79 Å². The van der Waals surface area contributed by atoms with Crippen LogP contribution < -0.4 is 5.69 Å². The Morgan fingerprint density at radius 2 is 1.74 bits per heavy atom. The number of nitrogens with zero attached hydrogens (tertiary/aromatic N) is 6. The quantitative estimate of drug-likeness (QED) is 0.512. The predicted molar refractivity (Wildman–Crippen MR) is 117 cm³/mol. The Labute approximate surface area is 179 Å². The number of benzene rings is 2. The molecular formula is C23H24N6O2. The van der Waals surface area contributed by atoms with Gasteiger partial charge in [0.15, 0.2) is 0 Å². The average molecular weight is 416 g/mol. The van der Waals surface area contributed by atoms with Gasteiger partial charge in [0.25, 0.3) is 0 Å². The third-order valence-corrected chi connectivity index (χ3v) is 6.01. The Hall–Kier alpha value is -3.68. The van der Waals surface area contributed by atoms with Crippen LogP contribution in [0.3, 0.4) is 0 Å². The van der Waals surface area contributed by atoms with Crippen LogP contribution in [-0.2, 0) is 18.4 Å². The number of hydrogen-bond acceptors (Lipinski definition) is 4. The maximum absolute atomic E-state index is 12.9. The molecule has 0 aliphatic carbocycles. The van der Waals surface area contributed by atoms with E-state index in [0.717, 1.165) is 35.4 Å². The van der Waals surface area contributed by atoms with Crippen molar-refractivity contribution in [1.29, 1.82) is 0 Å². The molecule has 0 unspecified atom stereocenters. The number of aryl methyl sites for hydroxylation is 1. The van der Waals surface area contributed by atoms with E-state index in [1.165, 1.54) is 4.68 Å². The summed E-state index contributed by atoms with van der Waals surface area (Å²) in [6, 6.07) is 17.4. The van der Waals surface area contributed by atoms with Crippen LogP contribution in [0.1, 0.15) is 24.6 Å². The third-order valence-electron chi connectivity index (χ3n) is 6.01. The number of carbonyl (C=O) groups excluding carboxylic acids is 1. The van der Waals surface area contributed by atoms with Gasteiger partial charge in [-0.15, -0.1) is 0 Å². The van der Waals surface area contributed by atoms with E-state index in [9.17, 15) is 9.59 Å². The Kier molecular flexibility index (Phi) is 4.89. The van der Waals surface area contributed by atoms with Gasteiger partial charge in [0.1, 0.15) is 12.4 Å². The topological polar surface area (TPSA) is 78.0 Å². The molecule has 1 aliphatic heterocycles. The molecule has 3 heterocycles. The molecule has 0 radical (unpaired) electrons. The highest BCUT2D eigenvalue weighted by Gasteiger charge is 2.28. The van der Waals surface area contributed by atoms with Crippen molar-refractivity contribution in [2.45, 2.75) is 25.3 Å². The first kappa shape index (κ1) is 19.3. The van der Waals surface area contributed by atoms with E-state index >= 15 is 0 Å². The minimum atomic E-state index is -0.147. The van der Waals surface area contributed by atoms with Crippen LogP contribution in [0.5, 0.6) is 0 Å². The van der Waals surface area contributed by atoms with Crippen molar-refractivity contribution in [2.24, 2.45) is 7.05 Å². The number of imidazole rings is 1. The van der Waals surface area contributed by atoms with Gasteiger partial charge in [-0.2, -0.15) is 5.10 Å². The molecule has 4 aromatic rings. The summed E-state index contributed by atoms with van der Waals surface area (Å²) in [4.78, 5) is 31.9. The van der Waals surface area contributed by atoms with Crippen molar-refractivity contribution in [2.75, 3.05) is 13.1 Å². The smallest absolute Gasteiger partial charge is 0.341 e. The zero-order valence-corrected chi connectivity index (χ0v) is 17.4. The predicted octanol–water partition coefficient (Wildman–Crippen LogP) is 2.33. The Bertz CT molecular complexity index is 1280. The van der Waals surface area contributed by atoms with Crippen LogP contribution in [0.2, 0.25) is 0 Å². The summed E-state index contributed by atoms with van der Waals surface area (Å²) in [5.41, 5.74) is 2.53. The van der Waals surface area contributed by atoms with Crippen molar-refractivity contribution < 1.29 is 4.79 Å². The molecule has 5 rings (SSSR count). The van der Waals surface area contributed by atoms with Gasteiger partial charge in [-0.25, -0.2) is 19.0 Å². The number of fused-ring (bicyclic) bond motifs is 1. The molecule has 8 nitrogen and oxygen atoms in total. The second kappa shape index (κ2) is 7.86. The molecule has 1 saturated heterocycles. The number of amides is 1. The summed E-state index contributed by atoms with van der Waals surface area (Å²) in [7, 11) is 1.68. The van der Waals surface area contributed by atoms with Crippen LogP contribution in [0, 0.1) is 0 Å². The fourth-order valence-corrected chi connectivity index (χ4v) is 4.34.